The molecule has 3 aromatic rings. The third-order valence-corrected chi connectivity index (χ3v) is 6.28. The summed E-state index contributed by atoms with van der Waals surface area (Å²) in [5, 5.41) is 14.2. The first-order valence-electron chi connectivity index (χ1n) is 10.9. The van der Waals surface area contributed by atoms with Crippen molar-refractivity contribution < 1.29 is 33.4 Å². The molecule has 0 bridgehead atoms. The van der Waals surface area contributed by atoms with Crippen LogP contribution in [0, 0.1) is 0 Å². The van der Waals surface area contributed by atoms with E-state index >= 15 is 0 Å². The molecule has 2 aliphatic heterocycles. The van der Waals surface area contributed by atoms with Gasteiger partial charge < -0.3 is 24.5 Å². The number of methoxy groups -OCH3 is 1. The van der Waals surface area contributed by atoms with E-state index in [4.69, 9.17) is 9.15 Å². The Morgan fingerprint density at radius 3 is 2.77 bits per heavy atom. The number of carbonyl (C=O) groups excluding carboxylic acids is 4. The molecule has 0 aliphatic carbocycles. The summed E-state index contributed by atoms with van der Waals surface area (Å²) < 4.78 is 11.2. The Balaban J connectivity index is 1.49. The number of fused-ring (bicyclic) bond motifs is 2. The molecule has 0 saturated carbocycles. The minimum absolute atomic E-state index is 0.0775. The smallest absolute Gasteiger partial charge is 0.254 e. The highest BCUT2D eigenvalue weighted by atomic mass is 16.5. The van der Waals surface area contributed by atoms with E-state index in [9.17, 15) is 24.3 Å². The maximum absolute atomic E-state index is 13.1. The number of aliphatic hydroxyl groups excluding tert-OH is 1. The fraction of sp³-hybridized carbons (Fsp3) is 0.292. The zero-order chi connectivity index (χ0) is 24.9. The van der Waals surface area contributed by atoms with Crippen molar-refractivity contribution >= 4 is 40.5 Å². The monoisotopic (exact) mass is 478 g/mol. The number of hydrogen-bond donors (Lipinski definition) is 3. The highest BCUT2D eigenvalue weighted by Gasteiger charge is 2.53. The second-order valence-electron chi connectivity index (χ2n) is 8.68. The number of furan rings is 1. The van der Waals surface area contributed by atoms with Gasteiger partial charge in [-0.2, -0.15) is 0 Å². The summed E-state index contributed by atoms with van der Waals surface area (Å²) in [5.41, 5.74) is 0.509. The van der Waals surface area contributed by atoms with Crippen molar-refractivity contribution in [1.82, 2.24) is 15.2 Å². The van der Waals surface area contributed by atoms with Gasteiger partial charge in [0, 0.05) is 24.7 Å². The van der Waals surface area contributed by atoms with Gasteiger partial charge in [0.25, 0.3) is 11.8 Å². The zero-order valence-corrected chi connectivity index (χ0v) is 19.0. The fourth-order valence-electron chi connectivity index (χ4n) is 4.43. The van der Waals surface area contributed by atoms with Gasteiger partial charge in [0.2, 0.25) is 11.8 Å². The third-order valence-electron chi connectivity index (χ3n) is 6.28. The molecule has 4 heterocycles. The molecule has 0 spiro atoms. The van der Waals surface area contributed by atoms with E-state index in [0.29, 0.717) is 22.4 Å². The van der Waals surface area contributed by atoms with E-state index in [0.717, 1.165) is 5.56 Å². The molecule has 180 valence electrons. The number of aliphatic hydroxyl groups is 1. The van der Waals surface area contributed by atoms with E-state index in [1.165, 1.54) is 31.1 Å². The van der Waals surface area contributed by atoms with Crippen LogP contribution >= 0.6 is 0 Å². The van der Waals surface area contributed by atoms with Gasteiger partial charge in [-0.05, 0) is 36.8 Å². The van der Waals surface area contributed by atoms with Crippen LogP contribution in [0.4, 0.5) is 5.82 Å². The Morgan fingerprint density at radius 2 is 2.09 bits per heavy atom. The number of ether oxygens (including phenoxy) is 1. The van der Waals surface area contributed by atoms with Gasteiger partial charge in [-0.25, -0.2) is 4.98 Å². The van der Waals surface area contributed by atoms with Crippen LogP contribution in [0.1, 0.15) is 35.0 Å². The van der Waals surface area contributed by atoms with E-state index < -0.39 is 29.2 Å². The number of aromatic nitrogens is 1. The summed E-state index contributed by atoms with van der Waals surface area (Å²) in [5.74, 6) is -1.02. The molecule has 35 heavy (non-hydrogen) atoms. The average Bonchev–Trinajstić information content (AvgIpc) is 3.47. The standard InChI is InChI=1S/C24H22N4O7/c1-12(29)21(31)26-19-6-5-17-16(25-19)8-18(35-17)24(9-20(30)27-23(24)33)11-28-10-13-3-4-14(34-2)7-15(13)22(28)32/h3-8,12,29H,9-11H2,1-2H3,(H,25,26,31)(H,27,30,33)/t12-,24-/m1/s1. The summed E-state index contributed by atoms with van der Waals surface area (Å²) in [6, 6.07) is 9.80. The summed E-state index contributed by atoms with van der Waals surface area (Å²) in [7, 11) is 1.51. The Morgan fingerprint density at radius 1 is 1.29 bits per heavy atom. The summed E-state index contributed by atoms with van der Waals surface area (Å²) >= 11 is 0. The van der Waals surface area contributed by atoms with Crippen LogP contribution in [0.15, 0.2) is 40.8 Å². The molecular formula is C24H22N4O7. The number of pyridine rings is 1. The topological polar surface area (TPSA) is 151 Å². The zero-order valence-electron chi connectivity index (χ0n) is 19.0. The molecule has 0 unspecified atom stereocenters. The van der Waals surface area contributed by atoms with Gasteiger partial charge in [0.1, 0.15) is 34.4 Å². The Kier molecular flexibility index (Phi) is 5.28. The number of hydrogen-bond acceptors (Lipinski definition) is 8. The van der Waals surface area contributed by atoms with Gasteiger partial charge in [-0.15, -0.1) is 0 Å². The molecule has 1 aromatic carbocycles. The van der Waals surface area contributed by atoms with Crippen LogP contribution in [-0.4, -0.2) is 58.4 Å². The first kappa shape index (κ1) is 22.5. The molecule has 2 aromatic heterocycles. The number of anilines is 1. The highest BCUT2D eigenvalue weighted by molar-refractivity contribution is 6.10. The van der Waals surface area contributed by atoms with Gasteiger partial charge >= 0.3 is 0 Å². The molecule has 3 N–H and O–H groups in total. The minimum Gasteiger partial charge on any atom is -0.497 e. The van der Waals surface area contributed by atoms with Crippen molar-refractivity contribution in [2.75, 3.05) is 19.0 Å². The van der Waals surface area contributed by atoms with Gasteiger partial charge in [0.05, 0.1) is 13.5 Å². The van der Waals surface area contributed by atoms with E-state index in [1.807, 2.05) is 0 Å². The summed E-state index contributed by atoms with van der Waals surface area (Å²) in [6.07, 6.45) is -1.41. The van der Waals surface area contributed by atoms with Crippen LogP contribution in [-0.2, 0) is 26.3 Å². The lowest BCUT2D eigenvalue weighted by atomic mass is 9.82. The third kappa shape index (κ3) is 3.79. The van der Waals surface area contributed by atoms with Crippen molar-refractivity contribution in [3.8, 4) is 5.75 Å². The first-order chi connectivity index (χ1) is 16.7. The maximum Gasteiger partial charge on any atom is 0.254 e. The summed E-state index contributed by atoms with van der Waals surface area (Å²) in [6.45, 7) is 1.53. The molecule has 5 rings (SSSR count). The Labute approximate surface area is 199 Å². The molecule has 1 saturated heterocycles. The Bertz CT molecular complexity index is 1400. The van der Waals surface area contributed by atoms with Crippen molar-refractivity contribution in [3.63, 3.8) is 0 Å². The van der Waals surface area contributed by atoms with Crippen LogP contribution in [0.2, 0.25) is 0 Å². The number of carbonyl (C=O) groups is 4. The van der Waals surface area contributed by atoms with Crippen LogP contribution < -0.4 is 15.4 Å². The number of rotatable bonds is 6. The fourth-order valence-corrected chi connectivity index (χ4v) is 4.43. The largest absolute Gasteiger partial charge is 0.497 e. The minimum atomic E-state index is -1.44. The van der Waals surface area contributed by atoms with Crippen LogP contribution in [0.25, 0.3) is 11.1 Å². The summed E-state index contributed by atoms with van der Waals surface area (Å²) in [4.78, 5) is 56.1. The number of imide groups is 1. The lowest BCUT2D eigenvalue weighted by molar-refractivity contribution is -0.127. The number of benzene rings is 1. The lowest BCUT2D eigenvalue weighted by Gasteiger charge is -2.28. The van der Waals surface area contributed by atoms with Crippen molar-refractivity contribution in [1.29, 1.82) is 0 Å². The average molecular weight is 478 g/mol. The van der Waals surface area contributed by atoms with Crippen molar-refractivity contribution in [3.05, 3.63) is 53.3 Å². The van der Waals surface area contributed by atoms with Gasteiger partial charge in [0.15, 0.2) is 5.58 Å². The SMILES string of the molecule is COc1ccc2c(c1)C(=O)N(C[C@@]1(c3cc4nc(NC(=O)[C@@H](C)O)ccc4o3)CC(=O)NC1=O)C2. The number of nitrogens with zero attached hydrogens (tertiary/aromatic N) is 2. The predicted octanol–water partition coefficient (Wildman–Crippen LogP) is 1.10. The molecule has 1 fully saturated rings. The maximum atomic E-state index is 13.1. The van der Waals surface area contributed by atoms with E-state index in [-0.39, 0.29) is 37.0 Å². The predicted molar refractivity (Wildman–Crippen MR) is 121 cm³/mol. The normalized spacial score (nSPS) is 20.2. The molecule has 11 heteroatoms. The number of nitrogens with one attached hydrogen (secondary N) is 2. The lowest BCUT2D eigenvalue weighted by Crippen LogP contribution is -2.46. The Hall–Kier alpha value is -4.25. The van der Waals surface area contributed by atoms with Crippen LogP contribution in [0.5, 0.6) is 5.75 Å². The molecule has 4 amide bonds. The molecule has 2 aliphatic rings. The first-order valence-corrected chi connectivity index (χ1v) is 10.9. The van der Waals surface area contributed by atoms with E-state index in [2.05, 4.69) is 15.6 Å². The van der Waals surface area contributed by atoms with Crippen molar-refractivity contribution in [2.45, 2.75) is 31.4 Å². The van der Waals surface area contributed by atoms with Crippen molar-refractivity contribution in [2.24, 2.45) is 0 Å². The van der Waals surface area contributed by atoms with Crippen LogP contribution in [0.3, 0.4) is 0 Å². The number of amides is 4. The van der Waals surface area contributed by atoms with Gasteiger partial charge in [-0.1, -0.05) is 6.07 Å². The second kappa shape index (κ2) is 8.20. The highest BCUT2D eigenvalue weighted by Crippen LogP contribution is 2.39. The van der Waals surface area contributed by atoms with Gasteiger partial charge in [-0.3, -0.25) is 24.5 Å². The molecule has 0 radical (unpaired) electrons. The molecule has 11 nitrogen and oxygen atoms in total. The second-order valence-corrected chi connectivity index (χ2v) is 8.68. The molecule has 2 atom stereocenters. The van der Waals surface area contributed by atoms with E-state index in [1.54, 1.807) is 24.3 Å². The quantitative estimate of drug-likeness (QED) is 0.446. The molecular weight excluding hydrogens is 456 g/mol.